The van der Waals surface area contributed by atoms with Crippen molar-refractivity contribution in [2.75, 3.05) is 0 Å². The monoisotopic (exact) mass is 307 g/mol. The molecule has 110 valence electrons. The lowest BCUT2D eigenvalue weighted by molar-refractivity contribution is 0.0692. The van der Waals surface area contributed by atoms with Gasteiger partial charge in [-0.1, -0.05) is 30.4 Å². The summed E-state index contributed by atoms with van der Waals surface area (Å²) in [6.45, 7) is 5.34. The minimum atomic E-state index is -4.44. The number of sulfonamides is 1. The second kappa shape index (κ2) is 6.74. The lowest BCUT2D eigenvalue weighted by Gasteiger charge is -2.14. The van der Waals surface area contributed by atoms with Crippen LogP contribution >= 0.6 is 0 Å². The fraction of sp³-hybridized carbons (Fsp3) is 0.154. The van der Waals surface area contributed by atoms with E-state index in [1.54, 1.807) is 19.1 Å². The van der Waals surface area contributed by atoms with Gasteiger partial charge in [-0.2, -0.15) is 0 Å². The number of hydrogen-bond acceptors (Lipinski definition) is 3. The van der Waals surface area contributed by atoms with E-state index >= 15 is 0 Å². The maximum absolute atomic E-state index is 12.1. The van der Waals surface area contributed by atoms with Gasteiger partial charge in [0.05, 0.1) is 10.5 Å². The van der Waals surface area contributed by atoms with E-state index in [0.29, 0.717) is 0 Å². The number of hydrogen-bond donors (Lipinski definition) is 1. The van der Waals surface area contributed by atoms with Gasteiger partial charge >= 0.3 is 5.97 Å². The van der Waals surface area contributed by atoms with Crippen molar-refractivity contribution >= 4 is 16.0 Å². The lowest BCUT2D eigenvalue weighted by atomic mass is 9.96. The van der Waals surface area contributed by atoms with Crippen molar-refractivity contribution in [3.63, 3.8) is 0 Å². The summed E-state index contributed by atoms with van der Waals surface area (Å²) in [6.07, 6.45) is 4.81. The summed E-state index contributed by atoms with van der Waals surface area (Å²) in [5.41, 5.74) is 8.12. The molecule has 8 heteroatoms. The first-order valence-electron chi connectivity index (χ1n) is 5.82. The number of benzene rings is 1. The molecule has 0 fully saturated rings. The molecule has 0 saturated carbocycles. The van der Waals surface area contributed by atoms with Crippen molar-refractivity contribution < 1.29 is 18.3 Å². The summed E-state index contributed by atoms with van der Waals surface area (Å²) >= 11 is 0. The Morgan fingerprint density at radius 2 is 2.19 bits per heavy atom. The largest absolute Gasteiger partial charge is 0.478 e. The summed E-state index contributed by atoms with van der Waals surface area (Å²) in [4.78, 5) is 13.0. The molecule has 0 saturated heterocycles. The van der Waals surface area contributed by atoms with Crippen molar-refractivity contribution in [2.24, 2.45) is 4.52 Å². The van der Waals surface area contributed by atoms with E-state index < -0.39 is 32.4 Å². The number of carboxylic acids is 1. The minimum absolute atomic E-state index is 0.190. The summed E-state index contributed by atoms with van der Waals surface area (Å²) < 4.78 is 26.9. The average Bonchev–Trinajstić information content (AvgIpc) is 2.43. The predicted molar refractivity (Wildman–Crippen MR) is 77.5 cm³/mol. The van der Waals surface area contributed by atoms with E-state index in [4.69, 9.17) is 10.6 Å². The Balaban J connectivity index is 3.82. The average molecular weight is 307 g/mol. The molecule has 1 atom stereocenters. The molecule has 1 rings (SSSR count). The molecule has 21 heavy (non-hydrogen) atoms. The molecule has 0 amide bonds. The number of carboxylic acid groups (broad SMARTS) is 1. The molecule has 0 heterocycles. The molecule has 1 aromatic rings. The van der Waals surface area contributed by atoms with Gasteiger partial charge in [0.25, 0.3) is 10.0 Å². The van der Waals surface area contributed by atoms with Crippen molar-refractivity contribution in [3.8, 4) is 0 Å². The standard InChI is InChI=1S/C13H13N3O4S/c1-3-6-9(4-2)10-7-5-8-11(13(17)18)12(10)21(19,20)16-15-14/h3-9H,2H2,1H3,(H,17,18). The van der Waals surface area contributed by atoms with E-state index in [9.17, 15) is 13.2 Å². The van der Waals surface area contributed by atoms with Gasteiger partial charge in [0.1, 0.15) is 0 Å². The first-order valence-corrected chi connectivity index (χ1v) is 7.26. The van der Waals surface area contributed by atoms with E-state index in [1.165, 1.54) is 18.2 Å². The van der Waals surface area contributed by atoms with Crippen LogP contribution in [0.5, 0.6) is 0 Å². The zero-order valence-corrected chi connectivity index (χ0v) is 12.0. The highest BCUT2D eigenvalue weighted by molar-refractivity contribution is 7.90. The van der Waals surface area contributed by atoms with Gasteiger partial charge in [-0.15, -0.1) is 6.58 Å². The van der Waals surface area contributed by atoms with Gasteiger partial charge in [-0.25, -0.2) is 13.2 Å². The molecule has 0 aliphatic carbocycles. The van der Waals surface area contributed by atoms with Crippen molar-refractivity contribution in [3.05, 3.63) is 64.6 Å². The topological polar surface area (TPSA) is 120 Å². The van der Waals surface area contributed by atoms with Crippen LogP contribution in [0.15, 0.2) is 52.4 Å². The van der Waals surface area contributed by atoms with Crippen LogP contribution in [-0.2, 0) is 10.0 Å². The molecule has 1 aromatic carbocycles. The van der Waals surface area contributed by atoms with E-state index in [2.05, 4.69) is 16.0 Å². The van der Waals surface area contributed by atoms with Gasteiger partial charge < -0.3 is 5.11 Å². The number of rotatable bonds is 6. The highest BCUT2D eigenvalue weighted by atomic mass is 32.2. The first-order chi connectivity index (χ1) is 9.88. The lowest BCUT2D eigenvalue weighted by Crippen LogP contribution is -2.11. The SMILES string of the molecule is C=CC(C=CC)c1cccc(C(=O)O)c1S(=O)(=O)N=[N+]=[N-]. The number of aromatic carboxylic acids is 1. The zero-order valence-electron chi connectivity index (χ0n) is 11.2. The van der Waals surface area contributed by atoms with Gasteiger partial charge in [0.15, 0.2) is 0 Å². The quantitative estimate of drug-likeness (QED) is 0.375. The molecule has 0 aromatic heterocycles. The van der Waals surface area contributed by atoms with E-state index in [-0.39, 0.29) is 5.56 Å². The Hall–Kier alpha value is -2.57. The maximum atomic E-state index is 12.1. The zero-order chi connectivity index (χ0) is 16.0. The van der Waals surface area contributed by atoms with Crippen LogP contribution in [0.3, 0.4) is 0 Å². The third-order valence-electron chi connectivity index (χ3n) is 2.69. The molecular formula is C13H13N3O4S. The molecule has 0 bridgehead atoms. The Bertz CT molecular complexity index is 747. The fourth-order valence-electron chi connectivity index (χ4n) is 1.88. The maximum Gasteiger partial charge on any atom is 0.337 e. The molecule has 0 radical (unpaired) electrons. The van der Waals surface area contributed by atoms with Gasteiger partial charge in [-0.05, 0) is 24.1 Å². The number of azide groups is 1. The number of nitrogens with zero attached hydrogens (tertiary/aromatic N) is 3. The summed E-state index contributed by atoms with van der Waals surface area (Å²) in [7, 11) is -4.44. The van der Waals surface area contributed by atoms with Crippen LogP contribution in [0.2, 0.25) is 0 Å². The van der Waals surface area contributed by atoms with Crippen LogP contribution in [0.25, 0.3) is 10.4 Å². The van der Waals surface area contributed by atoms with Crippen LogP contribution in [0, 0.1) is 0 Å². The third-order valence-corrected chi connectivity index (χ3v) is 3.95. The van der Waals surface area contributed by atoms with Crippen LogP contribution in [0.4, 0.5) is 0 Å². The van der Waals surface area contributed by atoms with Crippen LogP contribution < -0.4 is 0 Å². The Kier molecular flexibility index (Phi) is 5.29. The van der Waals surface area contributed by atoms with Crippen LogP contribution in [0.1, 0.15) is 28.8 Å². The smallest absolute Gasteiger partial charge is 0.337 e. The highest BCUT2D eigenvalue weighted by Crippen LogP contribution is 2.30. The van der Waals surface area contributed by atoms with E-state index in [1.807, 2.05) is 0 Å². The second-order valence-corrected chi connectivity index (χ2v) is 5.48. The minimum Gasteiger partial charge on any atom is -0.478 e. The molecule has 1 N–H and O–H groups in total. The van der Waals surface area contributed by atoms with Crippen molar-refractivity contribution in [2.45, 2.75) is 17.7 Å². The number of allylic oxidation sites excluding steroid dienone is 3. The third kappa shape index (κ3) is 3.50. The first kappa shape index (κ1) is 16.5. The normalized spacial score (nSPS) is 12.6. The van der Waals surface area contributed by atoms with E-state index in [0.717, 1.165) is 6.07 Å². The Labute approximate surface area is 121 Å². The van der Waals surface area contributed by atoms with Gasteiger partial charge in [0.2, 0.25) is 0 Å². The van der Waals surface area contributed by atoms with Gasteiger partial charge in [-0.3, -0.25) is 0 Å². The Morgan fingerprint density at radius 1 is 1.52 bits per heavy atom. The van der Waals surface area contributed by atoms with Gasteiger partial charge in [0, 0.05) is 15.3 Å². The van der Waals surface area contributed by atoms with Crippen molar-refractivity contribution in [1.29, 1.82) is 0 Å². The molecule has 0 aliphatic heterocycles. The molecular weight excluding hydrogens is 294 g/mol. The fourth-order valence-corrected chi connectivity index (χ4v) is 2.99. The predicted octanol–water partition coefficient (Wildman–Crippen LogP) is 3.23. The summed E-state index contributed by atoms with van der Waals surface area (Å²) in [6, 6.07) is 4.02. The molecule has 1 unspecified atom stereocenters. The molecule has 7 nitrogen and oxygen atoms in total. The molecule has 0 spiro atoms. The second-order valence-electron chi connectivity index (χ2n) is 3.96. The highest BCUT2D eigenvalue weighted by Gasteiger charge is 2.27. The molecule has 0 aliphatic rings. The Morgan fingerprint density at radius 3 is 2.67 bits per heavy atom. The summed E-state index contributed by atoms with van der Waals surface area (Å²) in [5.74, 6) is -1.94. The number of carbonyl (C=O) groups is 1. The summed E-state index contributed by atoms with van der Waals surface area (Å²) in [5, 5.41) is 9.16. The van der Waals surface area contributed by atoms with Crippen LogP contribution in [-0.4, -0.2) is 19.5 Å². The van der Waals surface area contributed by atoms with Crippen molar-refractivity contribution in [1.82, 2.24) is 0 Å².